The molecule has 1 unspecified atom stereocenters. The van der Waals surface area contributed by atoms with Gasteiger partial charge in [-0.1, -0.05) is 6.07 Å². The Kier molecular flexibility index (Phi) is 5.65. The maximum atomic E-state index is 13.4. The number of unbranched alkanes of at least 4 members (excludes halogenated alkanes) is 1. The Morgan fingerprint density at radius 2 is 2.18 bits per heavy atom. The van der Waals surface area contributed by atoms with E-state index < -0.39 is 11.6 Å². The van der Waals surface area contributed by atoms with Crippen LogP contribution in [0.25, 0.3) is 0 Å². The topological polar surface area (TPSA) is 12.0 Å². The molecule has 0 aliphatic carbocycles. The van der Waals surface area contributed by atoms with Crippen LogP contribution in [0, 0.1) is 24.0 Å². The van der Waals surface area contributed by atoms with E-state index in [2.05, 4.69) is 11.2 Å². The van der Waals surface area contributed by atoms with Crippen molar-refractivity contribution in [3.63, 3.8) is 0 Å². The molecule has 3 heteroatoms. The number of rotatable bonds is 6. The summed E-state index contributed by atoms with van der Waals surface area (Å²) in [4.78, 5) is 0. The lowest BCUT2D eigenvalue weighted by Gasteiger charge is -2.16. The standard InChI is InChI=1S/C14H17F2N/c1-3-4-5-6-13(17-2)9-11-7-8-12(15)10-14(11)16/h1,7-8,10,13,17H,4-6,9H2,2H3. The molecule has 0 fully saturated rings. The zero-order chi connectivity index (χ0) is 12.7. The zero-order valence-electron chi connectivity index (χ0n) is 9.97. The fraction of sp³-hybridized carbons (Fsp3) is 0.429. The Morgan fingerprint density at radius 3 is 2.76 bits per heavy atom. The molecule has 1 rings (SSSR count). The summed E-state index contributed by atoms with van der Waals surface area (Å²) in [7, 11) is 1.84. The van der Waals surface area contributed by atoms with Gasteiger partial charge in [0.2, 0.25) is 0 Å². The Bertz CT molecular complexity index is 396. The van der Waals surface area contributed by atoms with Crippen LogP contribution in [0.1, 0.15) is 24.8 Å². The van der Waals surface area contributed by atoms with Crippen molar-refractivity contribution < 1.29 is 8.78 Å². The minimum atomic E-state index is -0.542. The average molecular weight is 237 g/mol. The molecular weight excluding hydrogens is 220 g/mol. The van der Waals surface area contributed by atoms with Gasteiger partial charge < -0.3 is 5.32 Å². The van der Waals surface area contributed by atoms with Crippen LogP contribution >= 0.6 is 0 Å². The van der Waals surface area contributed by atoms with Crippen LogP contribution in [0.2, 0.25) is 0 Å². The van der Waals surface area contributed by atoms with Crippen LogP contribution in [-0.2, 0) is 6.42 Å². The van der Waals surface area contributed by atoms with Crippen LogP contribution in [0.3, 0.4) is 0 Å². The summed E-state index contributed by atoms with van der Waals surface area (Å²) in [6.07, 6.45) is 8.25. The van der Waals surface area contributed by atoms with E-state index in [1.165, 1.54) is 12.1 Å². The zero-order valence-corrected chi connectivity index (χ0v) is 9.97. The van der Waals surface area contributed by atoms with Crippen molar-refractivity contribution in [2.24, 2.45) is 0 Å². The van der Waals surface area contributed by atoms with Gasteiger partial charge in [0.05, 0.1) is 0 Å². The lowest BCUT2D eigenvalue weighted by molar-refractivity contribution is 0.490. The normalized spacial score (nSPS) is 12.1. The summed E-state index contributed by atoms with van der Waals surface area (Å²) in [5.41, 5.74) is 0.534. The Hall–Kier alpha value is -1.40. The van der Waals surface area contributed by atoms with E-state index >= 15 is 0 Å². The predicted molar refractivity (Wildman–Crippen MR) is 65.6 cm³/mol. The van der Waals surface area contributed by atoms with Gasteiger partial charge in [-0.05, 0) is 37.9 Å². The van der Waals surface area contributed by atoms with Crippen molar-refractivity contribution in [2.75, 3.05) is 7.05 Å². The first-order valence-electron chi connectivity index (χ1n) is 5.72. The van der Waals surface area contributed by atoms with Gasteiger partial charge in [0.15, 0.2) is 0 Å². The molecule has 0 spiro atoms. The summed E-state index contributed by atoms with van der Waals surface area (Å²) < 4.78 is 26.2. The van der Waals surface area contributed by atoms with Gasteiger partial charge in [-0.15, -0.1) is 12.3 Å². The monoisotopic (exact) mass is 237 g/mol. The third kappa shape index (κ3) is 4.54. The first-order valence-corrected chi connectivity index (χ1v) is 5.72. The fourth-order valence-corrected chi connectivity index (χ4v) is 1.75. The maximum absolute atomic E-state index is 13.4. The SMILES string of the molecule is C#CCCCC(Cc1ccc(F)cc1F)NC. The number of hydrogen-bond acceptors (Lipinski definition) is 1. The molecule has 0 amide bonds. The van der Waals surface area contributed by atoms with E-state index in [4.69, 9.17) is 6.42 Å². The van der Waals surface area contributed by atoms with Crippen molar-refractivity contribution in [3.8, 4) is 12.3 Å². The first-order chi connectivity index (χ1) is 8.17. The predicted octanol–water partition coefficient (Wildman–Crippen LogP) is 2.90. The van der Waals surface area contributed by atoms with Crippen LogP contribution in [-0.4, -0.2) is 13.1 Å². The maximum Gasteiger partial charge on any atom is 0.129 e. The highest BCUT2D eigenvalue weighted by Gasteiger charge is 2.10. The van der Waals surface area contributed by atoms with E-state index in [0.29, 0.717) is 12.0 Å². The molecule has 0 saturated carbocycles. The number of halogens is 2. The van der Waals surface area contributed by atoms with Crippen molar-refractivity contribution in [1.29, 1.82) is 0 Å². The molecule has 1 aromatic carbocycles. The summed E-state index contributed by atoms with van der Waals surface area (Å²) in [6, 6.07) is 3.87. The van der Waals surface area contributed by atoms with Gasteiger partial charge in [0.25, 0.3) is 0 Å². The molecule has 0 aliphatic rings. The minimum absolute atomic E-state index is 0.170. The van der Waals surface area contributed by atoms with E-state index in [-0.39, 0.29) is 6.04 Å². The van der Waals surface area contributed by atoms with Gasteiger partial charge in [0, 0.05) is 18.5 Å². The van der Waals surface area contributed by atoms with Gasteiger partial charge in [-0.2, -0.15) is 0 Å². The number of hydrogen-bond donors (Lipinski definition) is 1. The Labute approximate surface area is 101 Å². The molecular formula is C14H17F2N. The van der Waals surface area contributed by atoms with E-state index in [0.717, 1.165) is 25.3 Å². The molecule has 92 valence electrons. The van der Waals surface area contributed by atoms with Gasteiger partial charge in [0.1, 0.15) is 11.6 Å². The molecule has 1 aromatic rings. The quantitative estimate of drug-likeness (QED) is 0.592. The van der Waals surface area contributed by atoms with Crippen LogP contribution < -0.4 is 5.32 Å². The lowest BCUT2D eigenvalue weighted by atomic mass is 10.0. The Morgan fingerprint density at radius 1 is 1.41 bits per heavy atom. The number of benzene rings is 1. The van der Waals surface area contributed by atoms with E-state index in [1.807, 2.05) is 7.05 Å². The largest absolute Gasteiger partial charge is 0.317 e. The molecule has 0 radical (unpaired) electrons. The number of likely N-dealkylation sites (N-methyl/N-ethyl adjacent to an activating group) is 1. The second-order valence-corrected chi connectivity index (χ2v) is 4.02. The van der Waals surface area contributed by atoms with Gasteiger partial charge >= 0.3 is 0 Å². The van der Waals surface area contributed by atoms with Crippen LogP contribution in [0.15, 0.2) is 18.2 Å². The summed E-state index contributed by atoms with van der Waals surface area (Å²) >= 11 is 0. The summed E-state index contributed by atoms with van der Waals surface area (Å²) in [5, 5.41) is 3.12. The summed E-state index contributed by atoms with van der Waals surface area (Å²) in [6.45, 7) is 0. The lowest BCUT2D eigenvalue weighted by Crippen LogP contribution is -2.27. The fourth-order valence-electron chi connectivity index (χ4n) is 1.75. The van der Waals surface area contributed by atoms with Crippen molar-refractivity contribution in [1.82, 2.24) is 5.32 Å². The van der Waals surface area contributed by atoms with Crippen molar-refractivity contribution >= 4 is 0 Å². The molecule has 0 aliphatic heterocycles. The first kappa shape index (κ1) is 13.7. The highest BCUT2D eigenvalue weighted by atomic mass is 19.1. The third-order valence-electron chi connectivity index (χ3n) is 2.76. The van der Waals surface area contributed by atoms with Crippen molar-refractivity contribution in [3.05, 3.63) is 35.4 Å². The molecule has 1 N–H and O–H groups in total. The van der Waals surface area contributed by atoms with Gasteiger partial charge in [-0.3, -0.25) is 0 Å². The van der Waals surface area contributed by atoms with E-state index in [1.54, 1.807) is 0 Å². The van der Waals surface area contributed by atoms with Crippen LogP contribution in [0.5, 0.6) is 0 Å². The highest BCUT2D eigenvalue weighted by molar-refractivity contribution is 5.19. The minimum Gasteiger partial charge on any atom is -0.317 e. The number of nitrogens with one attached hydrogen (secondary N) is 1. The summed E-state index contributed by atoms with van der Waals surface area (Å²) in [5.74, 6) is 1.55. The van der Waals surface area contributed by atoms with Crippen LogP contribution in [0.4, 0.5) is 8.78 Å². The molecule has 0 bridgehead atoms. The Balaban J connectivity index is 2.58. The molecule has 17 heavy (non-hydrogen) atoms. The van der Waals surface area contributed by atoms with Crippen molar-refractivity contribution in [2.45, 2.75) is 31.7 Å². The number of terminal acetylenes is 1. The molecule has 1 atom stereocenters. The molecule has 0 heterocycles. The van der Waals surface area contributed by atoms with Gasteiger partial charge in [-0.25, -0.2) is 8.78 Å². The second-order valence-electron chi connectivity index (χ2n) is 4.02. The molecule has 0 aromatic heterocycles. The third-order valence-corrected chi connectivity index (χ3v) is 2.76. The van der Waals surface area contributed by atoms with E-state index in [9.17, 15) is 8.78 Å². The molecule has 1 nitrogen and oxygen atoms in total. The molecule has 0 saturated heterocycles. The smallest absolute Gasteiger partial charge is 0.129 e. The highest BCUT2D eigenvalue weighted by Crippen LogP contribution is 2.14. The second kappa shape index (κ2) is 7.03. The average Bonchev–Trinajstić information content (AvgIpc) is 2.31.